The van der Waals surface area contributed by atoms with Gasteiger partial charge in [0.15, 0.2) is 0 Å². The molecule has 2 aromatic carbocycles. The first-order valence-electron chi connectivity index (χ1n) is 14.1. The van der Waals surface area contributed by atoms with E-state index in [1.165, 1.54) is 0 Å². The topological polar surface area (TPSA) is 114 Å². The molecule has 4 heterocycles. The number of aromatic nitrogens is 4. The van der Waals surface area contributed by atoms with E-state index in [1.54, 1.807) is 24.4 Å². The maximum absolute atomic E-state index is 13.3. The van der Waals surface area contributed by atoms with E-state index >= 15 is 0 Å². The molecule has 0 radical (unpaired) electrons. The lowest BCUT2D eigenvalue weighted by molar-refractivity contribution is -0.123. The van der Waals surface area contributed by atoms with E-state index < -0.39 is 6.04 Å². The normalized spacial score (nSPS) is 17.5. The molecule has 6 rings (SSSR count). The molecule has 2 aliphatic rings. The average Bonchev–Trinajstić information content (AvgIpc) is 3.45. The number of nitrogens with zero attached hydrogens (tertiary/aromatic N) is 5. The molecule has 42 heavy (non-hydrogen) atoms. The molecule has 4 aromatic rings. The summed E-state index contributed by atoms with van der Waals surface area (Å²) in [5, 5.41) is 14.9. The molecule has 11 heteroatoms. The number of hydrogen-bond donors (Lipinski definition) is 2. The number of hydrogen-bond acceptors (Lipinski definition) is 7. The molecule has 4 bridgehead atoms. The van der Waals surface area contributed by atoms with Crippen LogP contribution in [0.1, 0.15) is 40.2 Å². The van der Waals surface area contributed by atoms with Gasteiger partial charge in [-0.15, -0.1) is 5.10 Å². The molecule has 0 unspecified atom stereocenters. The highest BCUT2D eigenvalue weighted by Crippen LogP contribution is 2.26. The number of halogens is 1. The molecule has 2 N–H and O–H groups in total. The summed E-state index contributed by atoms with van der Waals surface area (Å²) in [5.74, 6) is -0.140. The summed E-state index contributed by atoms with van der Waals surface area (Å²) in [6.45, 7) is 3.45. The molecule has 218 valence electrons. The molecule has 0 saturated heterocycles. The third-order valence-electron chi connectivity index (χ3n) is 6.92. The number of rotatable bonds is 4. The molecule has 2 aliphatic heterocycles. The Balaban J connectivity index is 1.34. The fourth-order valence-electron chi connectivity index (χ4n) is 4.79. The molecule has 1 atom stereocenters. The van der Waals surface area contributed by atoms with E-state index in [4.69, 9.17) is 16.3 Å². The van der Waals surface area contributed by atoms with Crippen LogP contribution >= 0.6 is 11.6 Å². The van der Waals surface area contributed by atoms with Crippen molar-refractivity contribution in [1.29, 1.82) is 0 Å². The van der Waals surface area contributed by atoms with Crippen molar-refractivity contribution in [2.75, 3.05) is 19.7 Å². The molecular formula is C31H34ClN7O3. The van der Waals surface area contributed by atoms with Gasteiger partial charge in [0, 0.05) is 63.5 Å². The Labute approximate surface area is 250 Å². The van der Waals surface area contributed by atoms with Crippen molar-refractivity contribution in [3.63, 3.8) is 0 Å². The molecule has 2 amide bonds. The third-order valence-corrected chi connectivity index (χ3v) is 7.22. The van der Waals surface area contributed by atoms with Gasteiger partial charge in [-0.3, -0.25) is 24.2 Å². The number of nitrogens with one attached hydrogen (secondary N) is 2. The minimum Gasteiger partial charge on any atom is -0.492 e. The van der Waals surface area contributed by atoms with Crippen molar-refractivity contribution >= 4 is 23.4 Å². The summed E-state index contributed by atoms with van der Waals surface area (Å²) in [4.78, 5) is 33.2. The number of aryl methyl sites for hydroxylation is 1. The maximum Gasteiger partial charge on any atom is 0.251 e. The summed E-state index contributed by atoms with van der Waals surface area (Å²) < 4.78 is 7.68. The highest BCUT2D eigenvalue weighted by molar-refractivity contribution is 6.32. The Hall–Kier alpha value is -4.28. The van der Waals surface area contributed by atoms with Crippen LogP contribution in [0.4, 0.5) is 0 Å². The molecule has 0 fully saturated rings. The lowest BCUT2D eigenvalue weighted by Crippen LogP contribution is -2.48. The van der Waals surface area contributed by atoms with Gasteiger partial charge in [0.05, 0.1) is 23.0 Å². The van der Waals surface area contributed by atoms with Gasteiger partial charge >= 0.3 is 0 Å². The zero-order valence-electron chi connectivity index (χ0n) is 23.3. The SMILES string of the molecule is O=C1N[C@@H](Cc2ccccc2)C(=O)NCCCN(Cc2ccccn2)Cc2cn(nn2)CCCOc2ccc1cc2Cl. The van der Waals surface area contributed by atoms with E-state index in [0.29, 0.717) is 74.9 Å². The lowest BCUT2D eigenvalue weighted by Gasteiger charge is -2.22. The average molecular weight is 588 g/mol. The van der Waals surface area contributed by atoms with Crippen LogP contribution in [0.5, 0.6) is 5.75 Å². The predicted octanol–water partition coefficient (Wildman–Crippen LogP) is 3.66. The summed E-state index contributed by atoms with van der Waals surface area (Å²) in [7, 11) is 0. The van der Waals surface area contributed by atoms with Gasteiger partial charge < -0.3 is 15.4 Å². The van der Waals surface area contributed by atoms with E-state index in [1.807, 2.05) is 59.4 Å². The van der Waals surface area contributed by atoms with E-state index in [2.05, 4.69) is 30.8 Å². The van der Waals surface area contributed by atoms with Crippen molar-refractivity contribution in [3.8, 4) is 5.75 Å². The monoisotopic (exact) mass is 587 g/mol. The Morgan fingerprint density at radius 1 is 1.00 bits per heavy atom. The van der Waals surface area contributed by atoms with Gasteiger partial charge in [-0.2, -0.15) is 0 Å². The number of pyridine rings is 1. The smallest absolute Gasteiger partial charge is 0.251 e. The number of benzene rings is 2. The fraction of sp³-hybridized carbons (Fsp3) is 0.323. The van der Waals surface area contributed by atoms with Gasteiger partial charge in [0.25, 0.3) is 5.91 Å². The molecule has 2 aromatic heterocycles. The second-order valence-electron chi connectivity index (χ2n) is 10.2. The largest absolute Gasteiger partial charge is 0.492 e. The first-order valence-corrected chi connectivity index (χ1v) is 14.5. The lowest BCUT2D eigenvalue weighted by atomic mass is 10.0. The molecule has 10 nitrogen and oxygen atoms in total. The highest BCUT2D eigenvalue weighted by Gasteiger charge is 2.23. The van der Waals surface area contributed by atoms with Crippen LogP contribution in [0.2, 0.25) is 5.02 Å². The molecule has 0 spiro atoms. The summed E-state index contributed by atoms with van der Waals surface area (Å²) >= 11 is 6.45. The minimum atomic E-state index is -0.761. The van der Waals surface area contributed by atoms with Crippen molar-refractivity contribution in [2.45, 2.75) is 44.9 Å². The maximum atomic E-state index is 13.3. The van der Waals surface area contributed by atoms with E-state index in [-0.39, 0.29) is 11.8 Å². The van der Waals surface area contributed by atoms with Gasteiger partial charge in [0.1, 0.15) is 11.8 Å². The van der Waals surface area contributed by atoms with E-state index in [9.17, 15) is 9.59 Å². The van der Waals surface area contributed by atoms with E-state index in [0.717, 1.165) is 17.0 Å². The summed E-state index contributed by atoms with van der Waals surface area (Å²) in [6, 6.07) is 19.6. The Kier molecular flexibility index (Phi) is 10.1. The molecular weight excluding hydrogens is 554 g/mol. The van der Waals surface area contributed by atoms with Gasteiger partial charge in [-0.1, -0.05) is 53.2 Å². The van der Waals surface area contributed by atoms with Crippen LogP contribution in [0, 0.1) is 0 Å². The summed E-state index contributed by atoms with van der Waals surface area (Å²) in [5.41, 5.74) is 3.10. The standard InChI is InChI=1S/C31H34ClN7O3/c32-27-19-24-11-12-29(27)42-17-7-16-39-22-26(36-37-39)21-38(20-25-10-4-5-13-33-25)15-6-14-34-31(41)28(35-30(24)40)18-23-8-2-1-3-9-23/h1-5,8-13,19,22,28H,6-7,14-18,20-21H2,(H,34,41)(H,35,40)/t28-/m0/s1. The minimum absolute atomic E-state index is 0.247. The van der Waals surface area contributed by atoms with Crippen LogP contribution in [-0.4, -0.2) is 62.4 Å². The second-order valence-corrected chi connectivity index (χ2v) is 10.6. The Bertz CT molecular complexity index is 1470. The van der Waals surface area contributed by atoms with Crippen LogP contribution in [0.15, 0.2) is 79.1 Å². The van der Waals surface area contributed by atoms with Crippen molar-refractivity contribution in [2.24, 2.45) is 0 Å². The van der Waals surface area contributed by atoms with Crippen LogP contribution in [0.3, 0.4) is 0 Å². The number of fused-ring (bicyclic) bond motifs is 14. The van der Waals surface area contributed by atoms with Gasteiger partial charge in [-0.05, 0) is 42.3 Å². The number of amides is 2. The Morgan fingerprint density at radius 3 is 2.67 bits per heavy atom. The molecule has 0 saturated carbocycles. The highest BCUT2D eigenvalue weighted by atomic mass is 35.5. The van der Waals surface area contributed by atoms with Crippen LogP contribution in [0.25, 0.3) is 0 Å². The fourth-order valence-corrected chi connectivity index (χ4v) is 5.03. The number of carbonyl (C=O) groups is 2. The Morgan fingerprint density at radius 2 is 1.86 bits per heavy atom. The van der Waals surface area contributed by atoms with Gasteiger partial charge in [0.2, 0.25) is 5.91 Å². The van der Waals surface area contributed by atoms with Crippen molar-refractivity contribution in [1.82, 2.24) is 35.5 Å². The second kappa shape index (κ2) is 14.6. The third kappa shape index (κ3) is 8.37. The summed E-state index contributed by atoms with van der Waals surface area (Å²) in [6.07, 6.45) is 5.49. The number of ether oxygens (including phenoxy) is 1. The van der Waals surface area contributed by atoms with Crippen molar-refractivity contribution in [3.05, 3.63) is 107 Å². The van der Waals surface area contributed by atoms with Gasteiger partial charge in [-0.25, -0.2) is 0 Å². The van der Waals surface area contributed by atoms with Crippen molar-refractivity contribution < 1.29 is 14.3 Å². The quantitative estimate of drug-likeness (QED) is 0.374. The van der Waals surface area contributed by atoms with Crippen LogP contribution in [-0.2, 0) is 30.8 Å². The molecule has 0 aliphatic carbocycles. The van der Waals surface area contributed by atoms with Crippen LogP contribution < -0.4 is 15.4 Å². The zero-order valence-corrected chi connectivity index (χ0v) is 24.0. The first kappa shape index (κ1) is 29.2. The predicted molar refractivity (Wildman–Crippen MR) is 159 cm³/mol. The first-order chi connectivity index (χ1) is 20.5. The number of carbonyl (C=O) groups excluding carboxylic acids is 2. The zero-order chi connectivity index (χ0) is 29.1.